The molecule has 5 aromatic rings. The van der Waals surface area contributed by atoms with Crippen molar-refractivity contribution in [1.82, 2.24) is 0 Å². The van der Waals surface area contributed by atoms with Gasteiger partial charge in [0.1, 0.15) is 0 Å². The molecule has 0 aliphatic rings. The van der Waals surface area contributed by atoms with Gasteiger partial charge < -0.3 is 0 Å². The molecule has 5 aromatic carbocycles. The van der Waals surface area contributed by atoms with Gasteiger partial charge in [0.05, 0.1) is 0 Å². The van der Waals surface area contributed by atoms with Crippen LogP contribution in [0.5, 0.6) is 0 Å². The predicted molar refractivity (Wildman–Crippen MR) is 133 cm³/mol. The molecular weight excluding hydrogens is 372 g/mol. The molecule has 0 heteroatoms. The summed E-state index contributed by atoms with van der Waals surface area (Å²) in [6.07, 6.45) is 1.08. The van der Waals surface area contributed by atoms with E-state index in [1.165, 1.54) is 44.2 Å². The third-order valence-corrected chi connectivity index (χ3v) is 6.20. The van der Waals surface area contributed by atoms with E-state index in [0.717, 1.165) is 6.42 Å². The van der Waals surface area contributed by atoms with Gasteiger partial charge in [-0.15, -0.1) is 0 Å². The van der Waals surface area contributed by atoms with Crippen LogP contribution in [0.3, 0.4) is 0 Å². The number of rotatable bonds is 5. The summed E-state index contributed by atoms with van der Waals surface area (Å²) in [6.45, 7) is 2.27. The second-order valence-corrected chi connectivity index (χ2v) is 8.14. The van der Waals surface area contributed by atoms with E-state index in [1.54, 1.807) is 0 Å². The van der Waals surface area contributed by atoms with Gasteiger partial charge in [0.15, 0.2) is 0 Å². The third kappa shape index (κ3) is 4.02. The molecule has 5 rings (SSSR count). The number of hydrogen-bond donors (Lipinski definition) is 0. The van der Waals surface area contributed by atoms with Crippen molar-refractivity contribution >= 4 is 10.8 Å². The molecule has 0 fully saturated rings. The molecule has 150 valence electrons. The minimum Gasteiger partial charge on any atom is -0.0645 e. The molecule has 0 N–H and O–H groups in total. The Kier molecular flexibility index (Phi) is 5.37. The summed E-state index contributed by atoms with van der Waals surface area (Å²) in [4.78, 5) is 0. The molecule has 0 aliphatic heterocycles. The number of benzene rings is 5. The second kappa shape index (κ2) is 8.62. The first-order valence-electron chi connectivity index (χ1n) is 11.1. The smallest absolute Gasteiger partial charge is 0.00869 e. The van der Waals surface area contributed by atoms with Crippen molar-refractivity contribution in [3.8, 4) is 22.3 Å². The third-order valence-electron chi connectivity index (χ3n) is 6.20. The van der Waals surface area contributed by atoms with Crippen LogP contribution in [0.15, 0.2) is 121 Å². The van der Waals surface area contributed by atoms with Crippen LogP contribution in [0.2, 0.25) is 0 Å². The molecule has 0 nitrogen and oxygen atoms in total. The van der Waals surface area contributed by atoms with Crippen molar-refractivity contribution in [1.29, 1.82) is 0 Å². The first kappa shape index (κ1) is 19.3. The first-order chi connectivity index (χ1) is 15.3. The van der Waals surface area contributed by atoms with Gasteiger partial charge in [0, 0.05) is 5.92 Å². The Bertz CT molecular complexity index is 1300. The molecule has 0 radical (unpaired) electrons. The van der Waals surface area contributed by atoms with Gasteiger partial charge in [-0.05, 0) is 56.6 Å². The van der Waals surface area contributed by atoms with Crippen LogP contribution in [0.25, 0.3) is 33.0 Å². The molecule has 0 heterocycles. The summed E-state index contributed by atoms with van der Waals surface area (Å²) >= 11 is 0. The fourth-order valence-electron chi connectivity index (χ4n) is 4.51. The van der Waals surface area contributed by atoms with E-state index in [1.807, 2.05) is 0 Å². The molecule has 0 amide bonds. The van der Waals surface area contributed by atoms with E-state index in [2.05, 4.69) is 128 Å². The van der Waals surface area contributed by atoms with E-state index >= 15 is 0 Å². The Labute approximate surface area is 184 Å². The molecule has 0 spiro atoms. The van der Waals surface area contributed by atoms with Gasteiger partial charge in [-0.1, -0.05) is 122 Å². The van der Waals surface area contributed by atoms with Crippen LogP contribution in [0.4, 0.5) is 0 Å². The molecular formula is C31H26. The zero-order valence-electron chi connectivity index (χ0n) is 17.8. The average molecular weight is 399 g/mol. The van der Waals surface area contributed by atoms with Crippen LogP contribution < -0.4 is 0 Å². The maximum Gasteiger partial charge on any atom is 0.00869 e. The molecule has 0 aliphatic carbocycles. The van der Waals surface area contributed by atoms with E-state index < -0.39 is 0 Å². The van der Waals surface area contributed by atoms with Gasteiger partial charge in [-0.25, -0.2) is 0 Å². The van der Waals surface area contributed by atoms with Crippen LogP contribution in [0.1, 0.15) is 30.4 Å². The quantitative estimate of drug-likeness (QED) is 0.278. The van der Waals surface area contributed by atoms with Crippen molar-refractivity contribution in [2.45, 2.75) is 19.3 Å². The Balaban J connectivity index is 1.45. The van der Waals surface area contributed by atoms with Crippen molar-refractivity contribution in [2.75, 3.05) is 0 Å². The fraction of sp³-hybridized carbons (Fsp3) is 0.0968. The zero-order chi connectivity index (χ0) is 21.0. The fourth-order valence-corrected chi connectivity index (χ4v) is 4.51. The van der Waals surface area contributed by atoms with Gasteiger partial charge in [-0.2, -0.15) is 0 Å². The summed E-state index contributed by atoms with van der Waals surface area (Å²) in [5.74, 6) is 0.411. The highest BCUT2D eigenvalue weighted by atomic mass is 14.2. The van der Waals surface area contributed by atoms with Crippen LogP contribution in [0, 0.1) is 0 Å². The van der Waals surface area contributed by atoms with Crippen molar-refractivity contribution in [2.24, 2.45) is 0 Å². The lowest BCUT2D eigenvalue weighted by Gasteiger charge is -2.17. The average Bonchev–Trinajstić information content (AvgIpc) is 2.85. The SMILES string of the molecule is CCC(c1ccc(-c2cccc(-c3ccccc3)c2)cc1)c1ccc2ccccc2c1. The molecule has 0 saturated carbocycles. The van der Waals surface area contributed by atoms with Gasteiger partial charge >= 0.3 is 0 Å². The Hall–Kier alpha value is -3.64. The van der Waals surface area contributed by atoms with E-state index in [-0.39, 0.29) is 0 Å². The minimum atomic E-state index is 0.411. The van der Waals surface area contributed by atoms with Crippen LogP contribution >= 0.6 is 0 Å². The predicted octanol–water partition coefficient (Wildman–Crippen LogP) is 8.72. The largest absolute Gasteiger partial charge is 0.0645 e. The summed E-state index contributed by atoms with van der Waals surface area (Å²) in [5.41, 5.74) is 7.79. The number of fused-ring (bicyclic) bond motifs is 1. The first-order valence-corrected chi connectivity index (χ1v) is 11.1. The van der Waals surface area contributed by atoms with Gasteiger partial charge in [0.25, 0.3) is 0 Å². The standard InChI is InChI=1S/C31H26/c1-2-31(30-20-17-24-11-6-7-12-27(24)22-30)26-18-15-25(16-19-26)29-14-8-13-28(21-29)23-9-4-3-5-10-23/h3-22,31H,2H2,1H3. The summed E-state index contributed by atoms with van der Waals surface area (Å²) < 4.78 is 0. The molecule has 0 bridgehead atoms. The van der Waals surface area contributed by atoms with Gasteiger partial charge in [-0.3, -0.25) is 0 Å². The monoisotopic (exact) mass is 398 g/mol. The van der Waals surface area contributed by atoms with E-state index in [0.29, 0.717) is 5.92 Å². The maximum absolute atomic E-state index is 2.35. The van der Waals surface area contributed by atoms with Crippen molar-refractivity contribution in [3.05, 3.63) is 132 Å². The molecule has 1 atom stereocenters. The summed E-state index contributed by atoms with van der Waals surface area (Å²) in [7, 11) is 0. The molecule has 0 saturated heterocycles. The van der Waals surface area contributed by atoms with Crippen LogP contribution in [-0.2, 0) is 0 Å². The topological polar surface area (TPSA) is 0 Å². The second-order valence-electron chi connectivity index (χ2n) is 8.14. The van der Waals surface area contributed by atoms with Gasteiger partial charge in [0.2, 0.25) is 0 Å². The summed E-state index contributed by atoms with van der Waals surface area (Å²) in [6, 6.07) is 44.0. The highest BCUT2D eigenvalue weighted by molar-refractivity contribution is 5.83. The van der Waals surface area contributed by atoms with Crippen molar-refractivity contribution < 1.29 is 0 Å². The normalized spacial score (nSPS) is 12.0. The Morgan fingerprint density at radius 1 is 0.452 bits per heavy atom. The lowest BCUT2D eigenvalue weighted by Crippen LogP contribution is -1.99. The maximum atomic E-state index is 2.35. The number of hydrogen-bond acceptors (Lipinski definition) is 0. The lowest BCUT2D eigenvalue weighted by molar-refractivity contribution is 0.778. The Morgan fingerprint density at radius 3 is 1.74 bits per heavy atom. The molecule has 1 unspecified atom stereocenters. The molecule has 31 heavy (non-hydrogen) atoms. The lowest BCUT2D eigenvalue weighted by atomic mass is 9.87. The van der Waals surface area contributed by atoms with Crippen molar-refractivity contribution in [3.63, 3.8) is 0 Å². The molecule has 0 aromatic heterocycles. The van der Waals surface area contributed by atoms with E-state index in [9.17, 15) is 0 Å². The van der Waals surface area contributed by atoms with E-state index in [4.69, 9.17) is 0 Å². The van der Waals surface area contributed by atoms with Crippen LogP contribution in [-0.4, -0.2) is 0 Å². The highest BCUT2D eigenvalue weighted by Crippen LogP contribution is 2.32. The zero-order valence-corrected chi connectivity index (χ0v) is 17.8. The Morgan fingerprint density at radius 2 is 1.03 bits per heavy atom. The minimum absolute atomic E-state index is 0.411. The highest BCUT2D eigenvalue weighted by Gasteiger charge is 2.13. The summed E-state index contributed by atoms with van der Waals surface area (Å²) in [5, 5.41) is 2.61.